The molecule has 0 saturated carbocycles. The quantitative estimate of drug-likeness (QED) is 0.646. The van der Waals surface area contributed by atoms with Crippen LogP contribution in [0.15, 0.2) is 78.9 Å². The molecule has 0 fully saturated rings. The molecule has 3 rings (SSSR count). The van der Waals surface area contributed by atoms with Gasteiger partial charge in [0.1, 0.15) is 11.9 Å². The van der Waals surface area contributed by atoms with Crippen LogP contribution in [-0.2, 0) is 11.2 Å². The largest absolute Gasteiger partial charge is 0.340 e. The normalized spacial score (nSPS) is 11.5. The van der Waals surface area contributed by atoms with Crippen molar-refractivity contribution < 1.29 is 14.0 Å². The number of nitrogens with one attached hydrogen (secondary N) is 2. The molecule has 0 spiro atoms. The van der Waals surface area contributed by atoms with E-state index in [4.69, 9.17) is 11.6 Å². The Balaban J connectivity index is 1.78. The van der Waals surface area contributed by atoms with Gasteiger partial charge in [-0.1, -0.05) is 48.0 Å². The number of rotatable bonds is 6. The zero-order valence-electron chi connectivity index (χ0n) is 14.9. The minimum Gasteiger partial charge on any atom is -0.340 e. The second-order valence-corrected chi connectivity index (χ2v) is 6.66. The number of carbonyl (C=O) groups excluding carboxylic acids is 2. The van der Waals surface area contributed by atoms with Crippen molar-refractivity contribution in [3.05, 3.63) is 101 Å². The maximum atomic E-state index is 13.4. The van der Waals surface area contributed by atoms with Crippen LogP contribution in [0.3, 0.4) is 0 Å². The van der Waals surface area contributed by atoms with Gasteiger partial charge >= 0.3 is 0 Å². The third-order valence-electron chi connectivity index (χ3n) is 4.10. The molecule has 0 heterocycles. The fourth-order valence-electron chi connectivity index (χ4n) is 2.70. The second kappa shape index (κ2) is 9.15. The summed E-state index contributed by atoms with van der Waals surface area (Å²) in [6, 6.07) is 20.5. The van der Waals surface area contributed by atoms with Crippen LogP contribution in [0.5, 0.6) is 0 Å². The molecule has 0 aromatic heterocycles. The lowest BCUT2D eigenvalue weighted by Gasteiger charge is -2.19. The Bertz CT molecular complexity index is 962. The van der Waals surface area contributed by atoms with Crippen molar-refractivity contribution in [2.24, 2.45) is 0 Å². The van der Waals surface area contributed by atoms with E-state index < -0.39 is 23.7 Å². The predicted octanol–water partition coefficient (Wildman–Crippen LogP) is 4.46. The first-order chi connectivity index (χ1) is 13.5. The summed E-state index contributed by atoms with van der Waals surface area (Å²) in [5.41, 5.74) is 1.60. The van der Waals surface area contributed by atoms with Crippen molar-refractivity contribution in [1.29, 1.82) is 0 Å². The highest BCUT2D eigenvalue weighted by molar-refractivity contribution is 6.30. The fourth-order valence-corrected chi connectivity index (χ4v) is 2.82. The van der Waals surface area contributed by atoms with Crippen molar-refractivity contribution in [3.8, 4) is 0 Å². The molecule has 1 unspecified atom stereocenters. The predicted molar refractivity (Wildman–Crippen MR) is 108 cm³/mol. The summed E-state index contributed by atoms with van der Waals surface area (Å²) in [5.74, 6) is -1.29. The smallest absolute Gasteiger partial charge is 0.251 e. The lowest BCUT2D eigenvalue weighted by atomic mass is 10.0. The molecule has 3 aromatic carbocycles. The molecule has 0 radical (unpaired) electrons. The van der Waals surface area contributed by atoms with Gasteiger partial charge in [0.05, 0.1) is 0 Å². The fraction of sp³-hybridized carbons (Fsp3) is 0.0909. The maximum Gasteiger partial charge on any atom is 0.251 e. The first-order valence-corrected chi connectivity index (χ1v) is 9.06. The minimum absolute atomic E-state index is 0.293. The van der Waals surface area contributed by atoms with Crippen LogP contribution in [0.1, 0.15) is 15.9 Å². The van der Waals surface area contributed by atoms with E-state index in [0.717, 1.165) is 5.56 Å². The number of carbonyl (C=O) groups is 2. The third kappa shape index (κ3) is 5.41. The standard InChI is InChI=1S/C22H18ClFN2O2/c23-17-11-9-16(10-12-17)21(27)26-20(13-15-5-2-1-3-6-15)22(28)25-19-8-4-7-18(24)14-19/h1-12,14,20H,13H2,(H,25,28)(H,26,27). The molecule has 1 atom stereocenters. The molecule has 3 aromatic rings. The highest BCUT2D eigenvalue weighted by Crippen LogP contribution is 2.13. The van der Waals surface area contributed by atoms with E-state index in [1.807, 2.05) is 30.3 Å². The number of hydrogen-bond donors (Lipinski definition) is 2. The van der Waals surface area contributed by atoms with Crippen LogP contribution in [0.2, 0.25) is 5.02 Å². The molecular weight excluding hydrogens is 379 g/mol. The maximum absolute atomic E-state index is 13.4. The summed E-state index contributed by atoms with van der Waals surface area (Å²) in [4.78, 5) is 25.4. The van der Waals surface area contributed by atoms with Gasteiger partial charge in [-0.05, 0) is 48.0 Å². The van der Waals surface area contributed by atoms with Gasteiger partial charge in [0.2, 0.25) is 5.91 Å². The highest BCUT2D eigenvalue weighted by Gasteiger charge is 2.22. The second-order valence-electron chi connectivity index (χ2n) is 6.22. The topological polar surface area (TPSA) is 58.2 Å². The van der Waals surface area contributed by atoms with Crippen molar-refractivity contribution in [2.45, 2.75) is 12.5 Å². The van der Waals surface area contributed by atoms with Crippen LogP contribution in [0, 0.1) is 5.82 Å². The summed E-state index contributed by atoms with van der Waals surface area (Å²) in [7, 11) is 0. The van der Waals surface area contributed by atoms with Gasteiger partial charge in [0.25, 0.3) is 5.91 Å². The van der Waals surface area contributed by atoms with Gasteiger partial charge in [0, 0.05) is 22.7 Å². The molecule has 28 heavy (non-hydrogen) atoms. The molecule has 4 nitrogen and oxygen atoms in total. The highest BCUT2D eigenvalue weighted by atomic mass is 35.5. The Morgan fingerprint density at radius 3 is 2.32 bits per heavy atom. The summed E-state index contributed by atoms with van der Waals surface area (Å²) in [5, 5.41) is 5.92. The number of amides is 2. The van der Waals surface area contributed by atoms with Gasteiger partial charge in [-0.25, -0.2) is 4.39 Å². The van der Waals surface area contributed by atoms with Crippen molar-refractivity contribution >= 4 is 29.1 Å². The lowest BCUT2D eigenvalue weighted by Crippen LogP contribution is -2.45. The van der Waals surface area contributed by atoms with E-state index in [9.17, 15) is 14.0 Å². The molecule has 142 valence electrons. The van der Waals surface area contributed by atoms with Crippen LogP contribution in [-0.4, -0.2) is 17.9 Å². The minimum atomic E-state index is -0.839. The van der Waals surface area contributed by atoms with E-state index in [-0.39, 0.29) is 0 Å². The Labute approximate surface area is 167 Å². The molecule has 2 amide bonds. The van der Waals surface area contributed by atoms with Gasteiger partial charge in [-0.3, -0.25) is 9.59 Å². The summed E-state index contributed by atoms with van der Waals surface area (Å²) in [6.07, 6.45) is 0.293. The molecular formula is C22H18ClFN2O2. The van der Waals surface area contributed by atoms with Gasteiger partial charge in [-0.15, -0.1) is 0 Å². The number of benzene rings is 3. The Hall–Kier alpha value is -3.18. The van der Waals surface area contributed by atoms with E-state index >= 15 is 0 Å². The molecule has 0 aliphatic heterocycles. The average molecular weight is 397 g/mol. The van der Waals surface area contributed by atoms with E-state index in [0.29, 0.717) is 22.7 Å². The van der Waals surface area contributed by atoms with E-state index in [2.05, 4.69) is 10.6 Å². The van der Waals surface area contributed by atoms with Crippen LogP contribution in [0.4, 0.5) is 10.1 Å². The molecule has 0 saturated heterocycles. The molecule has 6 heteroatoms. The molecule has 0 aliphatic rings. The Morgan fingerprint density at radius 2 is 1.64 bits per heavy atom. The zero-order valence-corrected chi connectivity index (χ0v) is 15.6. The Kier molecular flexibility index (Phi) is 6.40. The molecule has 0 aliphatic carbocycles. The van der Waals surface area contributed by atoms with E-state index in [1.165, 1.54) is 18.2 Å². The number of hydrogen-bond acceptors (Lipinski definition) is 2. The van der Waals surface area contributed by atoms with Crippen molar-refractivity contribution in [2.75, 3.05) is 5.32 Å². The molecule has 2 N–H and O–H groups in total. The van der Waals surface area contributed by atoms with Crippen LogP contribution in [0.25, 0.3) is 0 Å². The first kappa shape index (κ1) is 19.6. The Morgan fingerprint density at radius 1 is 0.929 bits per heavy atom. The first-order valence-electron chi connectivity index (χ1n) is 8.68. The van der Waals surface area contributed by atoms with Crippen LogP contribution < -0.4 is 10.6 Å². The van der Waals surface area contributed by atoms with Gasteiger partial charge in [0.15, 0.2) is 0 Å². The van der Waals surface area contributed by atoms with Gasteiger partial charge in [-0.2, -0.15) is 0 Å². The van der Waals surface area contributed by atoms with Crippen molar-refractivity contribution in [3.63, 3.8) is 0 Å². The van der Waals surface area contributed by atoms with Crippen LogP contribution >= 0.6 is 11.6 Å². The lowest BCUT2D eigenvalue weighted by molar-refractivity contribution is -0.118. The SMILES string of the molecule is O=C(NC(Cc1ccccc1)C(=O)Nc1cccc(F)c1)c1ccc(Cl)cc1. The molecule has 0 bridgehead atoms. The van der Waals surface area contributed by atoms with Gasteiger partial charge < -0.3 is 10.6 Å². The third-order valence-corrected chi connectivity index (χ3v) is 4.36. The van der Waals surface area contributed by atoms with Crippen molar-refractivity contribution in [1.82, 2.24) is 5.32 Å². The summed E-state index contributed by atoms with van der Waals surface area (Å²) >= 11 is 5.86. The average Bonchev–Trinajstić information content (AvgIpc) is 2.68. The zero-order chi connectivity index (χ0) is 19.9. The number of anilines is 1. The number of halogens is 2. The summed E-state index contributed by atoms with van der Waals surface area (Å²) < 4.78 is 13.4. The van der Waals surface area contributed by atoms with E-state index in [1.54, 1.807) is 30.3 Å². The monoisotopic (exact) mass is 396 g/mol. The summed E-state index contributed by atoms with van der Waals surface area (Å²) in [6.45, 7) is 0.